The fourth-order valence-electron chi connectivity index (χ4n) is 6.72. The van der Waals surface area contributed by atoms with Gasteiger partial charge < -0.3 is 5.11 Å². The van der Waals surface area contributed by atoms with Crippen LogP contribution in [0.3, 0.4) is 0 Å². The van der Waals surface area contributed by atoms with Gasteiger partial charge in [0.15, 0.2) is 0 Å². The number of aliphatic hydroxyl groups is 1. The van der Waals surface area contributed by atoms with Crippen LogP contribution in [0.1, 0.15) is 91.9 Å². The van der Waals surface area contributed by atoms with Gasteiger partial charge in [0.1, 0.15) is 6.10 Å². The molecule has 0 aliphatic heterocycles. The van der Waals surface area contributed by atoms with E-state index in [-0.39, 0.29) is 12.0 Å². The van der Waals surface area contributed by atoms with Crippen molar-refractivity contribution in [2.24, 2.45) is 29.1 Å². The predicted molar refractivity (Wildman–Crippen MR) is 122 cm³/mol. The largest absolute Gasteiger partial charge is 0.386 e. The Bertz CT molecular complexity index is 689. The fourth-order valence-corrected chi connectivity index (χ4v) is 6.72. The molecular formula is C27H42F2O. The van der Waals surface area contributed by atoms with E-state index in [9.17, 15) is 13.9 Å². The molecule has 0 bridgehead atoms. The first-order chi connectivity index (χ1) is 14.1. The average molecular weight is 421 g/mol. The second kappa shape index (κ2) is 9.27. The van der Waals surface area contributed by atoms with Crippen LogP contribution in [0.2, 0.25) is 0 Å². The van der Waals surface area contributed by atoms with Crippen LogP contribution in [0.15, 0.2) is 35.5 Å². The summed E-state index contributed by atoms with van der Waals surface area (Å²) in [5, 5.41) is 9.80. The van der Waals surface area contributed by atoms with E-state index >= 15 is 0 Å². The van der Waals surface area contributed by atoms with Gasteiger partial charge in [0.25, 0.3) is 5.92 Å². The summed E-state index contributed by atoms with van der Waals surface area (Å²) in [5.41, 5.74) is 2.06. The van der Waals surface area contributed by atoms with Crippen LogP contribution in [0.4, 0.5) is 8.78 Å². The molecule has 1 N–H and O–H groups in total. The van der Waals surface area contributed by atoms with Gasteiger partial charge in [0.05, 0.1) is 0 Å². The van der Waals surface area contributed by atoms with E-state index in [0.29, 0.717) is 23.3 Å². The van der Waals surface area contributed by atoms with E-state index < -0.39 is 12.0 Å². The standard InChI is InChI=1S/C27H42F2O/c1-18(2)8-6-9-19(3)22-14-15-24-21(10-7-17-26(22,24)5)12-13-23-20(4)11-16-25(30)27(23,28)29/h12-13,18-19,22,24-25,30H,4,6-11,14-17H2,1-3,5H3/b21-12+,23-13+/t19-,22-,24+,25+,26-/m1/s1. The summed E-state index contributed by atoms with van der Waals surface area (Å²) in [6.45, 7) is 13.4. The number of hydrogen-bond acceptors (Lipinski definition) is 1. The highest BCUT2D eigenvalue weighted by atomic mass is 19.3. The Morgan fingerprint density at radius 1 is 1.10 bits per heavy atom. The Morgan fingerprint density at radius 3 is 2.53 bits per heavy atom. The number of hydrogen-bond donors (Lipinski definition) is 1. The Hall–Kier alpha value is -0.960. The molecule has 3 saturated carbocycles. The number of aliphatic hydroxyl groups excluding tert-OH is 1. The van der Waals surface area contributed by atoms with Crippen LogP contribution in [0, 0.1) is 29.1 Å². The van der Waals surface area contributed by atoms with Gasteiger partial charge in [-0.05, 0) is 79.6 Å². The van der Waals surface area contributed by atoms with Crippen LogP contribution in [0.5, 0.6) is 0 Å². The molecule has 3 rings (SSSR count). The molecule has 1 nitrogen and oxygen atoms in total. The van der Waals surface area contributed by atoms with Crippen LogP contribution in [0.25, 0.3) is 0 Å². The topological polar surface area (TPSA) is 20.2 Å². The maximum absolute atomic E-state index is 14.5. The van der Waals surface area contributed by atoms with E-state index in [0.717, 1.165) is 30.6 Å². The minimum atomic E-state index is -3.19. The van der Waals surface area contributed by atoms with Crippen molar-refractivity contribution in [2.75, 3.05) is 0 Å². The molecule has 0 heterocycles. The number of halogens is 2. The molecule has 0 aromatic carbocycles. The number of fused-ring (bicyclic) bond motifs is 1. The highest BCUT2D eigenvalue weighted by Gasteiger charge is 2.50. The lowest BCUT2D eigenvalue weighted by Crippen LogP contribution is -2.39. The Kier molecular flexibility index (Phi) is 7.32. The maximum Gasteiger partial charge on any atom is 0.298 e. The third-order valence-electron chi connectivity index (χ3n) is 8.51. The number of allylic oxidation sites excluding steroid dienone is 4. The van der Waals surface area contributed by atoms with Crippen LogP contribution < -0.4 is 0 Å². The van der Waals surface area contributed by atoms with Crippen LogP contribution >= 0.6 is 0 Å². The van der Waals surface area contributed by atoms with Gasteiger partial charge in [-0.3, -0.25) is 0 Å². The monoisotopic (exact) mass is 420 g/mol. The van der Waals surface area contributed by atoms with Gasteiger partial charge in [-0.15, -0.1) is 0 Å². The zero-order valence-corrected chi connectivity index (χ0v) is 19.5. The molecule has 5 atom stereocenters. The third kappa shape index (κ3) is 4.61. The second-order valence-corrected chi connectivity index (χ2v) is 11.0. The summed E-state index contributed by atoms with van der Waals surface area (Å²) < 4.78 is 29.1. The molecule has 3 heteroatoms. The normalized spacial score (nSPS) is 37.7. The van der Waals surface area contributed by atoms with E-state index in [2.05, 4.69) is 34.3 Å². The van der Waals surface area contributed by atoms with Crippen molar-refractivity contribution in [3.63, 3.8) is 0 Å². The zero-order valence-electron chi connectivity index (χ0n) is 19.5. The van der Waals surface area contributed by atoms with E-state index in [1.165, 1.54) is 44.1 Å². The first kappa shape index (κ1) is 23.7. The SMILES string of the molecule is C=C1CC[C@H](O)C(F)(F)/C1=C/C=C1\CCC[C@]2(C)[C@@H]([C@H](C)CCCC(C)C)CC[C@@H]12. The predicted octanol–water partition coefficient (Wildman–Crippen LogP) is 7.86. The summed E-state index contributed by atoms with van der Waals surface area (Å²) in [4.78, 5) is 0. The summed E-state index contributed by atoms with van der Waals surface area (Å²) in [6.07, 6.45) is 12.3. The summed E-state index contributed by atoms with van der Waals surface area (Å²) in [5.74, 6) is -0.440. The van der Waals surface area contributed by atoms with E-state index in [1.807, 2.05) is 6.08 Å². The lowest BCUT2D eigenvalue weighted by atomic mass is 9.60. The molecule has 3 aliphatic carbocycles. The summed E-state index contributed by atoms with van der Waals surface area (Å²) in [6, 6.07) is 0. The van der Waals surface area contributed by atoms with Crippen molar-refractivity contribution in [1.82, 2.24) is 0 Å². The smallest absolute Gasteiger partial charge is 0.298 e. The molecule has 0 unspecified atom stereocenters. The highest BCUT2D eigenvalue weighted by molar-refractivity contribution is 5.41. The lowest BCUT2D eigenvalue weighted by molar-refractivity contribution is -0.0868. The lowest BCUT2D eigenvalue weighted by Gasteiger charge is -2.44. The van der Waals surface area contributed by atoms with E-state index in [1.54, 1.807) is 6.08 Å². The fraction of sp³-hybridized carbons (Fsp3) is 0.778. The van der Waals surface area contributed by atoms with Crippen molar-refractivity contribution in [2.45, 2.75) is 104 Å². The first-order valence-electron chi connectivity index (χ1n) is 12.2. The Morgan fingerprint density at radius 2 is 1.83 bits per heavy atom. The molecule has 0 spiro atoms. The number of rotatable bonds is 6. The molecule has 0 aromatic rings. The average Bonchev–Trinajstić information content (AvgIpc) is 3.02. The Labute approximate surface area is 182 Å². The Balaban J connectivity index is 1.77. The minimum Gasteiger partial charge on any atom is -0.386 e. The van der Waals surface area contributed by atoms with Gasteiger partial charge >= 0.3 is 0 Å². The van der Waals surface area contributed by atoms with Gasteiger partial charge in [-0.2, -0.15) is 8.78 Å². The molecule has 170 valence electrons. The molecule has 30 heavy (non-hydrogen) atoms. The number of alkyl halides is 2. The van der Waals surface area contributed by atoms with Crippen LogP contribution in [-0.4, -0.2) is 17.1 Å². The van der Waals surface area contributed by atoms with Crippen molar-refractivity contribution in [3.8, 4) is 0 Å². The van der Waals surface area contributed by atoms with E-state index in [4.69, 9.17) is 0 Å². The first-order valence-corrected chi connectivity index (χ1v) is 12.2. The van der Waals surface area contributed by atoms with Gasteiger partial charge in [-0.25, -0.2) is 0 Å². The van der Waals surface area contributed by atoms with Gasteiger partial charge in [0, 0.05) is 5.57 Å². The van der Waals surface area contributed by atoms with Crippen molar-refractivity contribution in [1.29, 1.82) is 0 Å². The second-order valence-electron chi connectivity index (χ2n) is 11.0. The molecule has 0 amide bonds. The van der Waals surface area contributed by atoms with Crippen molar-refractivity contribution in [3.05, 3.63) is 35.5 Å². The summed E-state index contributed by atoms with van der Waals surface area (Å²) in [7, 11) is 0. The molecular weight excluding hydrogens is 378 g/mol. The van der Waals surface area contributed by atoms with Crippen molar-refractivity contribution >= 4 is 0 Å². The highest BCUT2D eigenvalue weighted by Crippen LogP contribution is 2.60. The van der Waals surface area contributed by atoms with Gasteiger partial charge in [0.2, 0.25) is 0 Å². The molecule has 0 radical (unpaired) electrons. The molecule has 3 aliphatic rings. The maximum atomic E-state index is 14.5. The quantitative estimate of drug-likeness (QED) is 0.463. The van der Waals surface area contributed by atoms with Crippen molar-refractivity contribution < 1.29 is 13.9 Å². The van der Waals surface area contributed by atoms with Crippen LogP contribution in [-0.2, 0) is 0 Å². The molecule has 3 fully saturated rings. The third-order valence-corrected chi connectivity index (χ3v) is 8.51. The minimum absolute atomic E-state index is 0.0578. The van der Waals surface area contributed by atoms with Gasteiger partial charge in [-0.1, -0.05) is 71.3 Å². The summed E-state index contributed by atoms with van der Waals surface area (Å²) >= 11 is 0. The molecule has 0 aromatic heterocycles. The molecule has 0 saturated heterocycles. The zero-order chi connectivity index (χ0) is 22.1.